The minimum absolute atomic E-state index is 0.162. The SMILES string of the molecule is O=C(c1ccc(-c2ccccc2)nc1NCCc1ccccn1)c1ccc(-c2ccccc2)nc1NCCc1ccccn1. The monoisotopic (exact) mass is 576 g/mol. The second-order valence-electron chi connectivity index (χ2n) is 10.2. The maximum absolute atomic E-state index is 14.3. The normalized spacial score (nSPS) is 10.7. The fourth-order valence-corrected chi connectivity index (χ4v) is 4.95. The van der Waals surface area contributed by atoms with Crippen LogP contribution in [-0.2, 0) is 12.8 Å². The van der Waals surface area contributed by atoms with E-state index in [4.69, 9.17) is 9.97 Å². The van der Waals surface area contributed by atoms with E-state index in [0.717, 1.165) is 33.9 Å². The molecule has 2 N–H and O–H groups in total. The van der Waals surface area contributed by atoms with E-state index in [1.165, 1.54) is 0 Å². The number of hydrogen-bond donors (Lipinski definition) is 2. The Morgan fingerprint density at radius 1 is 0.500 bits per heavy atom. The molecule has 7 nitrogen and oxygen atoms in total. The van der Waals surface area contributed by atoms with Crippen LogP contribution in [0.4, 0.5) is 11.6 Å². The van der Waals surface area contributed by atoms with E-state index in [1.54, 1.807) is 12.4 Å². The van der Waals surface area contributed by atoms with Gasteiger partial charge >= 0.3 is 0 Å². The second kappa shape index (κ2) is 14.0. The number of ketones is 1. The van der Waals surface area contributed by atoms with Crippen molar-refractivity contribution in [3.8, 4) is 22.5 Å². The Labute approximate surface area is 257 Å². The number of rotatable bonds is 12. The predicted molar refractivity (Wildman–Crippen MR) is 176 cm³/mol. The van der Waals surface area contributed by atoms with Gasteiger partial charge in [0, 0.05) is 60.8 Å². The number of nitrogens with one attached hydrogen (secondary N) is 2. The van der Waals surface area contributed by atoms with Gasteiger partial charge < -0.3 is 10.6 Å². The molecule has 0 aliphatic carbocycles. The number of pyridine rings is 4. The van der Waals surface area contributed by atoms with Crippen molar-refractivity contribution in [1.82, 2.24) is 19.9 Å². The fourth-order valence-electron chi connectivity index (χ4n) is 4.95. The van der Waals surface area contributed by atoms with Gasteiger partial charge in [-0.3, -0.25) is 14.8 Å². The topological polar surface area (TPSA) is 92.7 Å². The molecule has 0 aliphatic rings. The van der Waals surface area contributed by atoms with Gasteiger partial charge in [0.2, 0.25) is 0 Å². The quantitative estimate of drug-likeness (QED) is 0.150. The standard InChI is InChI=1S/C37H32N6O/c44-35(31-17-19-33(27-11-3-1-4-12-27)42-36(31)40-25-21-29-15-7-9-23-38-29)32-18-20-34(28-13-5-2-6-14-28)43-37(32)41-26-22-30-16-8-10-24-39-30/h1-20,23-24H,21-22,25-26H2,(H,40,42)(H,41,43). The van der Waals surface area contributed by atoms with Crippen molar-refractivity contribution >= 4 is 17.4 Å². The van der Waals surface area contributed by atoms with E-state index in [2.05, 4.69) is 20.6 Å². The maximum Gasteiger partial charge on any atom is 0.200 e. The van der Waals surface area contributed by atoms with Crippen molar-refractivity contribution in [3.63, 3.8) is 0 Å². The van der Waals surface area contributed by atoms with Crippen LogP contribution in [0, 0.1) is 0 Å². The zero-order valence-corrected chi connectivity index (χ0v) is 24.2. The Kier molecular flexibility index (Phi) is 9.04. The molecule has 4 heterocycles. The van der Waals surface area contributed by atoms with Crippen molar-refractivity contribution in [2.24, 2.45) is 0 Å². The van der Waals surface area contributed by atoms with Crippen molar-refractivity contribution in [2.45, 2.75) is 12.8 Å². The minimum Gasteiger partial charge on any atom is -0.369 e. The first kappa shape index (κ1) is 28.4. The summed E-state index contributed by atoms with van der Waals surface area (Å²) in [6.45, 7) is 1.14. The van der Waals surface area contributed by atoms with Crippen LogP contribution in [0.1, 0.15) is 27.3 Å². The van der Waals surface area contributed by atoms with E-state index < -0.39 is 0 Å². The van der Waals surface area contributed by atoms with Crippen molar-refractivity contribution < 1.29 is 4.79 Å². The number of nitrogens with zero attached hydrogens (tertiary/aromatic N) is 4. The lowest BCUT2D eigenvalue weighted by atomic mass is 10.0. The Morgan fingerprint density at radius 2 is 0.932 bits per heavy atom. The molecular weight excluding hydrogens is 544 g/mol. The van der Waals surface area contributed by atoms with E-state index in [-0.39, 0.29) is 5.78 Å². The summed E-state index contributed by atoms with van der Waals surface area (Å²) in [5.74, 6) is 0.891. The summed E-state index contributed by atoms with van der Waals surface area (Å²) in [5.41, 5.74) is 6.41. The van der Waals surface area contributed by atoms with Crippen LogP contribution in [0.15, 0.2) is 134 Å². The molecule has 0 bridgehead atoms. The molecule has 6 rings (SSSR count). The number of hydrogen-bond acceptors (Lipinski definition) is 7. The highest BCUT2D eigenvalue weighted by molar-refractivity contribution is 6.14. The molecule has 0 amide bonds. The van der Waals surface area contributed by atoms with Crippen LogP contribution in [0.5, 0.6) is 0 Å². The van der Waals surface area contributed by atoms with Gasteiger partial charge in [-0.2, -0.15) is 0 Å². The van der Waals surface area contributed by atoms with E-state index in [9.17, 15) is 4.79 Å². The predicted octanol–water partition coefficient (Wildman–Crippen LogP) is 7.14. The van der Waals surface area contributed by atoms with Crippen LogP contribution in [-0.4, -0.2) is 38.8 Å². The molecule has 6 aromatic rings. The number of carbonyl (C=O) groups excluding carboxylic acids is 1. The third kappa shape index (κ3) is 7.02. The number of anilines is 2. The summed E-state index contributed by atoms with van der Waals surface area (Å²) in [4.78, 5) is 33.0. The first-order valence-electron chi connectivity index (χ1n) is 14.7. The van der Waals surface area contributed by atoms with E-state index >= 15 is 0 Å². The Balaban J connectivity index is 1.33. The van der Waals surface area contributed by atoms with Crippen molar-refractivity contribution in [3.05, 3.63) is 156 Å². The zero-order chi connectivity index (χ0) is 30.0. The molecule has 0 spiro atoms. The van der Waals surface area contributed by atoms with Gasteiger partial charge in [-0.25, -0.2) is 9.97 Å². The van der Waals surface area contributed by atoms with E-state index in [0.29, 0.717) is 48.7 Å². The van der Waals surface area contributed by atoms with Crippen LogP contribution in [0.25, 0.3) is 22.5 Å². The molecule has 0 saturated carbocycles. The zero-order valence-electron chi connectivity index (χ0n) is 24.2. The van der Waals surface area contributed by atoms with Crippen molar-refractivity contribution in [2.75, 3.05) is 23.7 Å². The van der Waals surface area contributed by atoms with Gasteiger partial charge in [0.25, 0.3) is 0 Å². The highest BCUT2D eigenvalue weighted by Crippen LogP contribution is 2.28. The lowest BCUT2D eigenvalue weighted by Gasteiger charge is -2.16. The molecule has 0 aliphatic heterocycles. The van der Waals surface area contributed by atoms with Crippen LogP contribution >= 0.6 is 0 Å². The number of carbonyl (C=O) groups is 1. The molecule has 216 valence electrons. The highest BCUT2D eigenvalue weighted by atomic mass is 16.1. The summed E-state index contributed by atoms with van der Waals surface area (Å²) in [5, 5.41) is 6.85. The van der Waals surface area contributed by atoms with Gasteiger partial charge in [-0.05, 0) is 48.5 Å². The molecule has 0 atom stereocenters. The lowest BCUT2D eigenvalue weighted by Crippen LogP contribution is -2.16. The average Bonchev–Trinajstić information content (AvgIpc) is 3.10. The largest absolute Gasteiger partial charge is 0.369 e. The number of aromatic nitrogens is 4. The molecule has 44 heavy (non-hydrogen) atoms. The first-order valence-corrected chi connectivity index (χ1v) is 14.7. The lowest BCUT2D eigenvalue weighted by molar-refractivity contribution is 0.103. The number of benzene rings is 2. The van der Waals surface area contributed by atoms with Crippen LogP contribution in [0.3, 0.4) is 0 Å². The molecular formula is C37H32N6O. The summed E-state index contributed by atoms with van der Waals surface area (Å²) in [7, 11) is 0. The highest BCUT2D eigenvalue weighted by Gasteiger charge is 2.21. The summed E-state index contributed by atoms with van der Waals surface area (Å²) < 4.78 is 0. The van der Waals surface area contributed by atoms with Gasteiger partial charge in [0.05, 0.1) is 22.5 Å². The van der Waals surface area contributed by atoms with E-state index in [1.807, 2.05) is 121 Å². The Hall–Kier alpha value is -5.69. The molecule has 0 saturated heterocycles. The fraction of sp³-hybridized carbons (Fsp3) is 0.108. The second-order valence-corrected chi connectivity index (χ2v) is 10.2. The van der Waals surface area contributed by atoms with Crippen LogP contribution in [0.2, 0.25) is 0 Å². The molecule has 2 aromatic carbocycles. The maximum atomic E-state index is 14.3. The summed E-state index contributed by atoms with van der Waals surface area (Å²) in [6, 6.07) is 39.1. The molecule has 4 aromatic heterocycles. The van der Waals surface area contributed by atoms with Gasteiger partial charge in [0.15, 0.2) is 5.78 Å². The molecule has 7 heteroatoms. The third-order valence-electron chi connectivity index (χ3n) is 7.22. The molecule has 0 fully saturated rings. The first-order chi connectivity index (χ1) is 21.7. The van der Waals surface area contributed by atoms with Gasteiger partial charge in [0.1, 0.15) is 11.6 Å². The summed E-state index contributed by atoms with van der Waals surface area (Å²) >= 11 is 0. The third-order valence-corrected chi connectivity index (χ3v) is 7.22. The summed E-state index contributed by atoms with van der Waals surface area (Å²) in [6.07, 6.45) is 4.96. The average molecular weight is 577 g/mol. The van der Waals surface area contributed by atoms with Gasteiger partial charge in [-0.15, -0.1) is 0 Å². The van der Waals surface area contributed by atoms with Crippen LogP contribution < -0.4 is 10.6 Å². The van der Waals surface area contributed by atoms with Gasteiger partial charge in [-0.1, -0.05) is 72.8 Å². The molecule has 0 unspecified atom stereocenters. The smallest absolute Gasteiger partial charge is 0.200 e. The minimum atomic E-state index is -0.162. The Bertz CT molecular complexity index is 1680. The molecule has 0 radical (unpaired) electrons. The van der Waals surface area contributed by atoms with Crippen molar-refractivity contribution in [1.29, 1.82) is 0 Å². The Morgan fingerprint density at radius 3 is 1.34 bits per heavy atom.